The Hall–Kier alpha value is -4.26. The number of anilines is 4. The maximum atomic E-state index is 13.6. The molecular weight excluding hydrogens is 516 g/mol. The number of nitrogens with zero attached hydrogens (tertiary/aromatic N) is 2. The molecular formula is C26H31F2N5O6. The molecule has 5 N–H and O–H groups in total. The first kappa shape index (κ1) is 29.3. The van der Waals surface area contributed by atoms with Crippen molar-refractivity contribution < 1.29 is 37.4 Å². The number of ketones is 2. The van der Waals surface area contributed by atoms with Crippen molar-refractivity contribution in [3.05, 3.63) is 48.0 Å². The normalized spacial score (nSPS) is 18.3. The predicted molar refractivity (Wildman–Crippen MR) is 140 cm³/mol. The molecule has 2 saturated heterocycles. The van der Waals surface area contributed by atoms with Crippen LogP contribution in [0.15, 0.2) is 36.4 Å². The van der Waals surface area contributed by atoms with Crippen LogP contribution in [-0.4, -0.2) is 49.1 Å². The molecule has 2 fully saturated rings. The van der Waals surface area contributed by atoms with Crippen molar-refractivity contribution in [2.75, 3.05) is 34.0 Å². The number of carbonyl (C=O) groups is 4. The van der Waals surface area contributed by atoms with Gasteiger partial charge < -0.3 is 30.2 Å². The molecule has 0 bridgehead atoms. The zero-order valence-corrected chi connectivity index (χ0v) is 21.6. The lowest BCUT2D eigenvalue weighted by Crippen LogP contribution is -2.24. The number of nitrogen functional groups attached to an aromatic ring is 2. The molecule has 4 rings (SSSR count). The van der Waals surface area contributed by atoms with Crippen molar-refractivity contribution in [2.45, 2.75) is 51.7 Å². The fourth-order valence-corrected chi connectivity index (χ4v) is 3.97. The molecule has 0 aromatic heterocycles. The SMILES string of the molecule is CC(=O)CC[C@H]1CN(c2ccc(N)c(F)c2)C(=O)O1.CC(=O)CC[C@H]1CN(c2ccc(NN)c(F)c2)C(=O)O1. The summed E-state index contributed by atoms with van der Waals surface area (Å²) in [5, 5.41) is 0. The summed E-state index contributed by atoms with van der Waals surface area (Å²) in [7, 11) is 0. The highest BCUT2D eigenvalue weighted by atomic mass is 19.1. The number of hydrogen-bond acceptors (Lipinski definition) is 9. The Morgan fingerprint density at radius 2 is 1.33 bits per heavy atom. The Kier molecular flexibility index (Phi) is 9.77. The minimum absolute atomic E-state index is 0.0319. The first-order chi connectivity index (χ1) is 18.5. The second-order valence-electron chi connectivity index (χ2n) is 9.23. The van der Waals surface area contributed by atoms with Crippen molar-refractivity contribution >= 4 is 46.5 Å². The molecule has 39 heavy (non-hydrogen) atoms. The molecule has 11 nitrogen and oxygen atoms in total. The summed E-state index contributed by atoms with van der Waals surface area (Å²) in [5.74, 6) is 4.12. The maximum Gasteiger partial charge on any atom is 0.414 e. The second-order valence-corrected chi connectivity index (χ2v) is 9.23. The summed E-state index contributed by atoms with van der Waals surface area (Å²) in [6.07, 6.45) is -0.0711. The number of rotatable bonds is 9. The highest BCUT2D eigenvalue weighted by Gasteiger charge is 2.33. The van der Waals surface area contributed by atoms with Crippen molar-refractivity contribution in [3.63, 3.8) is 0 Å². The molecule has 13 heteroatoms. The molecule has 2 heterocycles. The maximum absolute atomic E-state index is 13.6. The third-order valence-electron chi connectivity index (χ3n) is 6.10. The number of cyclic esters (lactones) is 2. The van der Waals surface area contributed by atoms with Gasteiger partial charge >= 0.3 is 12.2 Å². The molecule has 0 radical (unpaired) electrons. The van der Waals surface area contributed by atoms with Crippen LogP contribution in [0, 0.1) is 11.6 Å². The second kappa shape index (κ2) is 13.0. The summed E-state index contributed by atoms with van der Waals surface area (Å²) in [6, 6.07) is 8.40. The van der Waals surface area contributed by atoms with Crippen molar-refractivity contribution in [1.29, 1.82) is 0 Å². The number of amides is 2. The molecule has 2 aromatic carbocycles. The Morgan fingerprint density at radius 1 is 0.872 bits per heavy atom. The number of Topliss-reactive ketones (excluding diaryl/α,β-unsaturated/α-hetero) is 2. The topological polar surface area (TPSA) is 157 Å². The van der Waals surface area contributed by atoms with Gasteiger partial charge in [0.2, 0.25) is 0 Å². The minimum atomic E-state index is -0.572. The number of halogens is 2. The molecule has 2 aromatic rings. The monoisotopic (exact) mass is 547 g/mol. The fourth-order valence-electron chi connectivity index (χ4n) is 3.97. The van der Waals surface area contributed by atoms with Crippen LogP contribution in [0.3, 0.4) is 0 Å². The van der Waals surface area contributed by atoms with Gasteiger partial charge in [-0.2, -0.15) is 0 Å². The van der Waals surface area contributed by atoms with Gasteiger partial charge in [-0.05, 0) is 63.1 Å². The lowest BCUT2D eigenvalue weighted by atomic mass is 10.1. The summed E-state index contributed by atoms with van der Waals surface area (Å²) in [5.41, 5.74) is 8.59. The molecule has 2 aliphatic rings. The van der Waals surface area contributed by atoms with E-state index < -0.39 is 23.8 Å². The van der Waals surface area contributed by atoms with Crippen LogP contribution in [0.1, 0.15) is 39.5 Å². The zero-order valence-electron chi connectivity index (χ0n) is 21.6. The summed E-state index contributed by atoms with van der Waals surface area (Å²) >= 11 is 0. The number of benzene rings is 2. The van der Waals surface area contributed by atoms with E-state index in [1.807, 2.05) is 0 Å². The molecule has 2 atom stereocenters. The highest BCUT2D eigenvalue weighted by Crippen LogP contribution is 2.27. The number of ether oxygens (including phenoxy) is 2. The Labute approximate surface area is 224 Å². The molecule has 210 valence electrons. The quantitative estimate of drug-likeness (QED) is 0.240. The lowest BCUT2D eigenvalue weighted by molar-refractivity contribution is -0.118. The number of nitrogens with two attached hydrogens (primary N) is 2. The van der Waals surface area contributed by atoms with E-state index in [9.17, 15) is 28.0 Å². The van der Waals surface area contributed by atoms with Gasteiger partial charge in [0.1, 0.15) is 35.4 Å². The van der Waals surface area contributed by atoms with Crippen LogP contribution in [0.4, 0.5) is 41.1 Å². The van der Waals surface area contributed by atoms with Gasteiger partial charge in [0.25, 0.3) is 0 Å². The van der Waals surface area contributed by atoms with Gasteiger partial charge in [-0.15, -0.1) is 0 Å². The van der Waals surface area contributed by atoms with Crippen LogP contribution in [0.2, 0.25) is 0 Å². The summed E-state index contributed by atoms with van der Waals surface area (Å²) in [6.45, 7) is 3.60. The first-order valence-electron chi connectivity index (χ1n) is 12.2. The highest BCUT2D eigenvalue weighted by molar-refractivity contribution is 5.90. The van der Waals surface area contributed by atoms with Gasteiger partial charge in [0.05, 0.1) is 35.8 Å². The number of hydrazine groups is 1. The lowest BCUT2D eigenvalue weighted by Gasteiger charge is -2.14. The smallest absolute Gasteiger partial charge is 0.414 e. The summed E-state index contributed by atoms with van der Waals surface area (Å²) in [4.78, 5) is 47.9. The van der Waals surface area contributed by atoms with Crippen molar-refractivity contribution in [2.24, 2.45) is 5.84 Å². The zero-order chi connectivity index (χ0) is 28.7. The largest absolute Gasteiger partial charge is 0.444 e. The molecule has 0 unspecified atom stereocenters. The van der Waals surface area contributed by atoms with E-state index in [1.165, 1.54) is 47.9 Å². The van der Waals surface area contributed by atoms with Crippen LogP contribution in [0.5, 0.6) is 0 Å². The van der Waals surface area contributed by atoms with Gasteiger partial charge in [0.15, 0.2) is 0 Å². The third-order valence-corrected chi connectivity index (χ3v) is 6.10. The van der Waals surface area contributed by atoms with Gasteiger partial charge in [-0.3, -0.25) is 15.6 Å². The van der Waals surface area contributed by atoms with E-state index in [1.54, 1.807) is 12.1 Å². The predicted octanol–water partition coefficient (Wildman–Crippen LogP) is 3.91. The minimum Gasteiger partial charge on any atom is -0.444 e. The van der Waals surface area contributed by atoms with E-state index in [0.29, 0.717) is 50.1 Å². The van der Waals surface area contributed by atoms with Crippen LogP contribution < -0.4 is 26.8 Å². The van der Waals surface area contributed by atoms with Gasteiger partial charge in [0, 0.05) is 12.8 Å². The van der Waals surface area contributed by atoms with E-state index >= 15 is 0 Å². The Balaban J connectivity index is 0.000000216. The van der Waals surface area contributed by atoms with E-state index in [2.05, 4.69) is 5.43 Å². The van der Waals surface area contributed by atoms with Gasteiger partial charge in [-0.1, -0.05) is 0 Å². The molecule has 2 amide bonds. The van der Waals surface area contributed by atoms with E-state index in [0.717, 1.165) is 0 Å². The van der Waals surface area contributed by atoms with Crippen LogP contribution >= 0.6 is 0 Å². The number of carbonyl (C=O) groups excluding carboxylic acids is 4. The van der Waals surface area contributed by atoms with Crippen LogP contribution in [-0.2, 0) is 19.1 Å². The van der Waals surface area contributed by atoms with Crippen molar-refractivity contribution in [1.82, 2.24) is 0 Å². The van der Waals surface area contributed by atoms with E-state index in [4.69, 9.17) is 21.1 Å². The summed E-state index contributed by atoms with van der Waals surface area (Å²) < 4.78 is 37.3. The number of nitrogens with one attached hydrogen (secondary N) is 1. The average molecular weight is 548 g/mol. The number of hydrogen-bond donors (Lipinski definition) is 3. The van der Waals surface area contributed by atoms with E-state index in [-0.39, 0.29) is 35.1 Å². The fraction of sp³-hybridized carbons (Fsp3) is 0.385. The third kappa shape index (κ3) is 7.87. The van der Waals surface area contributed by atoms with Crippen molar-refractivity contribution in [3.8, 4) is 0 Å². The molecule has 0 aliphatic carbocycles. The standard InChI is InChI=1S/C13H16FN3O3.C13H15FN2O3/c1-8(18)2-4-10-7-17(13(19)20-10)9-3-5-12(16-15)11(14)6-9;1-8(17)2-4-10-7-16(13(18)19-10)9-3-5-12(15)11(14)6-9/h3,5-6,10,16H,2,4,7,15H2,1H3;3,5-6,10H,2,4,7,15H2,1H3/t2*10-/m00/s1. The van der Waals surface area contributed by atoms with Gasteiger partial charge in [-0.25, -0.2) is 18.4 Å². The molecule has 0 spiro atoms. The van der Waals surface area contributed by atoms with Crippen LogP contribution in [0.25, 0.3) is 0 Å². The Morgan fingerprint density at radius 3 is 1.74 bits per heavy atom. The molecule has 2 aliphatic heterocycles. The average Bonchev–Trinajstić information content (AvgIpc) is 3.45. The molecule has 0 saturated carbocycles. The first-order valence-corrected chi connectivity index (χ1v) is 12.2. The Bertz CT molecular complexity index is 1240.